The number of benzene rings is 1. The summed E-state index contributed by atoms with van der Waals surface area (Å²) >= 11 is 6.10. The number of methoxy groups -OCH3 is 1. The van der Waals surface area contributed by atoms with Crippen molar-refractivity contribution < 1.29 is 4.74 Å². The molecule has 0 unspecified atom stereocenters. The van der Waals surface area contributed by atoms with Gasteiger partial charge in [0.25, 0.3) is 0 Å². The monoisotopic (exact) mass is 266 g/mol. The Hall–Kier alpha value is -1.22. The largest absolute Gasteiger partial charge is 0.495 e. The molecule has 0 saturated carbocycles. The molecule has 1 N–H and O–H groups in total. The molecule has 1 heterocycles. The Bertz CT molecular complexity index is 457. The Balaban J connectivity index is 2.22. The standard InChI is InChI=1S/C14H19ClN2O/c1-10-8-12(13(18-2)9-11(10)15)17-14-6-4-3-5-7-16-14/h8-9H,3-7H2,1-2H3,(H,16,17). The van der Waals surface area contributed by atoms with Crippen LogP contribution in [0.2, 0.25) is 5.02 Å². The molecule has 0 amide bonds. The maximum atomic E-state index is 6.10. The third kappa shape index (κ3) is 3.16. The molecule has 4 heteroatoms. The number of anilines is 1. The highest BCUT2D eigenvalue weighted by Crippen LogP contribution is 2.31. The first kappa shape index (κ1) is 13.2. The minimum Gasteiger partial charge on any atom is -0.495 e. The maximum absolute atomic E-state index is 6.10. The summed E-state index contributed by atoms with van der Waals surface area (Å²) in [6, 6.07) is 3.85. The number of hydrogen-bond acceptors (Lipinski definition) is 3. The van der Waals surface area contributed by atoms with Gasteiger partial charge in [-0.15, -0.1) is 0 Å². The molecule has 2 rings (SSSR count). The van der Waals surface area contributed by atoms with Crippen LogP contribution in [0, 0.1) is 6.92 Å². The molecule has 0 fully saturated rings. The predicted molar refractivity (Wildman–Crippen MR) is 77.1 cm³/mol. The lowest BCUT2D eigenvalue weighted by molar-refractivity contribution is 0.417. The smallest absolute Gasteiger partial charge is 0.143 e. The molecule has 0 saturated heterocycles. The van der Waals surface area contributed by atoms with Gasteiger partial charge in [-0.25, -0.2) is 0 Å². The van der Waals surface area contributed by atoms with Crippen LogP contribution in [0.15, 0.2) is 17.1 Å². The molecular formula is C14H19ClN2O. The molecule has 3 nitrogen and oxygen atoms in total. The van der Waals surface area contributed by atoms with E-state index in [0.29, 0.717) is 0 Å². The van der Waals surface area contributed by atoms with Gasteiger partial charge in [0.15, 0.2) is 0 Å². The van der Waals surface area contributed by atoms with E-state index in [-0.39, 0.29) is 0 Å². The number of nitrogens with zero attached hydrogens (tertiary/aromatic N) is 1. The SMILES string of the molecule is COc1cc(Cl)c(C)cc1NC1=NCCCCC1. The van der Waals surface area contributed by atoms with Gasteiger partial charge in [0, 0.05) is 24.1 Å². The van der Waals surface area contributed by atoms with Gasteiger partial charge in [0.05, 0.1) is 12.8 Å². The van der Waals surface area contributed by atoms with Gasteiger partial charge >= 0.3 is 0 Å². The quantitative estimate of drug-likeness (QED) is 0.876. The van der Waals surface area contributed by atoms with Gasteiger partial charge in [0.1, 0.15) is 11.6 Å². The number of halogens is 1. The number of aryl methyl sites for hydroxylation is 1. The van der Waals surface area contributed by atoms with Gasteiger partial charge in [-0.05, 0) is 31.4 Å². The van der Waals surface area contributed by atoms with Crippen molar-refractivity contribution in [3.8, 4) is 5.75 Å². The molecule has 18 heavy (non-hydrogen) atoms. The number of hydrogen-bond donors (Lipinski definition) is 1. The van der Waals surface area contributed by atoms with Crippen molar-refractivity contribution in [3.05, 3.63) is 22.7 Å². The second-order valence-electron chi connectivity index (χ2n) is 4.57. The first-order chi connectivity index (χ1) is 8.70. The summed E-state index contributed by atoms with van der Waals surface area (Å²) in [4.78, 5) is 4.56. The average Bonchev–Trinajstić information content (AvgIpc) is 2.62. The molecule has 0 bridgehead atoms. The Morgan fingerprint density at radius 1 is 1.28 bits per heavy atom. The van der Waals surface area contributed by atoms with E-state index in [1.807, 2.05) is 19.1 Å². The molecule has 1 aromatic carbocycles. The van der Waals surface area contributed by atoms with Gasteiger partial charge in [0.2, 0.25) is 0 Å². The number of amidine groups is 1. The van der Waals surface area contributed by atoms with Crippen LogP contribution in [0.4, 0.5) is 5.69 Å². The highest BCUT2D eigenvalue weighted by Gasteiger charge is 2.10. The van der Waals surface area contributed by atoms with Crippen molar-refractivity contribution in [2.24, 2.45) is 4.99 Å². The summed E-state index contributed by atoms with van der Waals surface area (Å²) in [5.74, 6) is 1.81. The number of nitrogens with one attached hydrogen (secondary N) is 1. The van der Waals surface area contributed by atoms with Crippen LogP contribution in [-0.2, 0) is 0 Å². The Morgan fingerprint density at radius 3 is 2.89 bits per heavy atom. The summed E-state index contributed by atoms with van der Waals surface area (Å²) in [5.41, 5.74) is 1.98. The lowest BCUT2D eigenvalue weighted by atomic mass is 10.2. The molecular weight excluding hydrogens is 248 g/mol. The summed E-state index contributed by atoms with van der Waals surface area (Å²) in [5, 5.41) is 4.10. The predicted octanol–water partition coefficient (Wildman–Crippen LogP) is 4.04. The fourth-order valence-corrected chi connectivity index (χ4v) is 2.22. The average molecular weight is 267 g/mol. The maximum Gasteiger partial charge on any atom is 0.143 e. The van der Waals surface area contributed by atoms with E-state index in [0.717, 1.165) is 40.8 Å². The first-order valence-electron chi connectivity index (χ1n) is 6.35. The van der Waals surface area contributed by atoms with Gasteiger partial charge in [-0.2, -0.15) is 0 Å². The summed E-state index contributed by atoms with van der Waals surface area (Å²) in [6.45, 7) is 2.90. The van der Waals surface area contributed by atoms with Crippen LogP contribution in [0.3, 0.4) is 0 Å². The molecule has 0 aromatic heterocycles. The zero-order valence-electron chi connectivity index (χ0n) is 10.9. The topological polar surface area (TPSA) is 33.6 Å². The van der Waals surface area contributed by atoms with Crippen LogP contribution in [0.1, 0.15) is 31.2 Å². The van der Waals surface area contributed by atoms with E-state index in [1.54, 1.807) is 7.11 Å². The molecule has 0 spiro atoms. The van der Waals surface area contributed by atoms with Gasteiger partial charge in [-0.3, -0.25) is 4.99 Å². The number of ether oxygens (including phenoxy) is 1. The van der Waals surface area contributed by atoms with Gasteiger partial charge in [-0.1, -0.05) is 18.0 Å². The molecule has 1 aliphatic heterocycles. The van der Waals surface area contributed by atoms with Crippen molar-refractivity contribution in [1.29, 1.82) is 0 Å². The van der Waals surface area contributed by atoms with Crippen molar-refractivity contribution >= 4 is 23.1 Å². The van der Waals surface area contributed by atoms with Crippen molar-refractivity contribution in [2.45, 2.75) is 32.6 Å². The van der Waals surface area contributed by atoms with E-state index >= 15 is 0 Å². The summed E-state index contributed by atoms with van der Waals surface area (Å²) in [7, 11) is 1.65. The summed E-state index contributed by atoms with van der Waals surface area (Å²) < 4.78 is 5.35. The molecule has 0 atom stereocenters. The van der Waals surface area contributed by atoms with Crippen LogP contribution in [0.25, 0.3) is 0 Å². The molecule has 1 aliphatic rings. The lowest BCUT2D eigenvalue weighted by Crippen LogP contribution is -2.12. The van der Waals surface area contributed by atoms with E-state index in [9.17, 15) is 0 Å². The molecule has 98 valence electrons. The fourth-order valence-electron chi connectivity index (χ4n) is 2.06. The number of rotatable bonds is 2. The van der Waals surface area contributed by atoms with Crippen LogP contribution in [0.5, 0.6) is 5.75 Å². The summed E-state index contributed by atoms with van der Waals surface area (Å²) in [6.07, 6.45) is 4.64. The van der Waals surface area contributed by atoms with Crippen LogP contribution in [-0.4, -0.2) is 19.5 Å². The second kappa shape index (κ2) is 6.10. The van der Waals surface area contributed by atoms with Gasteiger partial charge < -0.3 is 10.1 Å². The Labute approximate surface area is 113 Å². The third-order valence-corrected chi connectivity index (χ3v) is 3.54. The molecule has 1 aromatic rings. The van der Waals surface area contributed by atoms with E-state index in [4.69, 9.17) is 16.3 Å². The third-order valence-electron chi connectivity index (χ3n) is 3.13. The Morgan fingerprint density at radius 2 is 2.11 bits per heavy atom. The zero-order chi connectivity index (χ0) is 13.0. The minimum absolute atomic E-state index is 0.722. The minimum atomic E-state index is 0.722. The highest BCUT2D eigenvalue weighted by atomic mass is 35.5. The van der Waals surface area contributed by atoms with Crippen LogP contribution < -0.4 is 10.1 Å². The zero-order valence-corrected chi connectivity index (χ0v) is 11.7. The fraction of sp³-hybridized carbons (Fsp3) is 0.500. The normalized spacial score (nSPS) is 15.8. The highest BCUT2D eigenvalue weighted by molar-refractivity contribution is 6.31. The van der Waals surface area contributed by atoms with E-state index in [2.05, 4.69) is 10.3 Å². The van der Waals surface area contributed by atoms with Crippen molar-refractivity contribution in [1.82, 2.24) is 0 Å². The van der Waals surface area contributed by atoms with Crippen molar-refractivity contribution in [2.75, 3.05) is 19.0 Å². The second-order valence-corrected chi connectivity index (χ2v) is 4.97. The Kier molecular flexibility index (Phi) is 4.48. The first-order valence-corrected chi connectivity index (χ1v) is 6.73. The lowest BCUT2D eigenvalue weighted by Gasteiger charge is -2.14. The molecule has 0 aliphatic carbocycles. The number of aliphatic imine (C=N–C) groups is 1. The van der Waals surface area contributed by atoms with Crippen molar-refractivity contribution in [3.63, 3.8) is 0 Å². The van der Waals surface area contributed by atoms with E-state index < -0.39 is 0 Å². The molecule has 0 radical (unpaired) electrons. The van der Waals surface area contributed by atoms with E-state index in [1.165, 1.54) is 19.3 Å². The van der Waals surface area contributed by atoms with Crippen LogP contribution >= 0.6 is 11.6 Å².